The minimum Gasteiger partial charge on any atom is -0.356 e. The fourth-order valence-electron chi connectivity index (χ4n) is 5.23. The zero-order valence-electron chi connectivity index (χ0n) is 22.4. The summed E-state index contributed by atoms with van der Waals surface area (Å²) in [5.74, 6) is 2.56. The molecule has 0 bridgehead atoms. The summed E-state index contributed by atoms with van der Waals surface area (Å²) < 4.78 is 3.47. The van der Waals surface area contributed by atoms with Gasteiger partial charge in [-0.15, -0.1) is 0 Å². The fourth-order valence-corrected chi connectivity index (χ4v) is 5.23. The third-order valence-electron chi connectivity index (χ3n) is 7.80. The monoisotopic (exact) mass is 543 g/mol. The second-order valence-corrected chi connectivity index (χ2v) is 10.4. The van der Waals surface area contributed by atoms with Crippen molar-refractivity contribution in [3.63, 3.8) is 0 Å². The average Bonchev–Trinajstić information content (AvgIpc) is 3.35. The molecule has 1 saturated heterocycles. The molecule has 206 valence electrons. The van der Waals surface area contributed by atoms with Crippen molar-refractivity contribution in [1.29, 1.82) is 0 Å². The molecule has 3 atom stereocenters. The zero-order chi connectivity index (χ0) is 28.1. The first kappa shape index (κ1) is 25.6. The maximum absolute atomic E-state index is 13.2. The molecule has 0 radical (unpaired) electrons. The van der Waals surface area contributed by atoms with Crippen LogP contribution in [-0.2, 0) is 23.2 Å². The zero-order valence-corrected chi connectivity index (χ0v) is 22.4. The topological polar surface area (TPSA) is 150 Å². The van der Waals surface area contributed by atoms with E-state index in [2.05, 4.69) is 30.2 Å². The number of ketones is 1. The van der Waals surface area contributed by atoms with Gasteiger partial charge in [0.25, 0.3) is 5.56 Å². The molecular weight excluding hydrogens is 514 g/mol. The summed E-state index contributed by atoms with van der Waals surface area (Å²) >= 11 is 0. The van der Waals surface area contributed by atoms with Crippen molar-refractivity contribution in [2.24, 2.45) is 18.9 Å². The number of pyridine rings is 1. The number of carbonyl (C=O) groups excluding carboxylic acids is 2. The number of nitrogens with zero attached hydrogens (tertiary/aromatic N) is 8. The van der Waals surface area contributed by atoms with Gasteiger partial charge < -0.3 is 14.8 Å². The van der Waals surface area contributed by atoms with Crippen molar-refractivity contribution in [3.05, 3.63) is 57.8 Å². The minimum atomic E-state index is -0.878. The lowest BCUT2D eigenvalue weighted by atomic mass is 10.2. The van der Waals surface area contributed by atoms with Gasteiger partial charge in [0.1, 0.15) is 17.7 Å². The molecule has 6 rings (SSSR count). The molecule has 13 heteroatoms. The molecule has 0 spiro atoms. The van der Waals surface area contributed by atoms with Crippen LogP contribution in [-0.4, -0.2) is 58.4 Å². The smallest absolute Gasteiger partial charge is 0.332 e. The maximum Gasteiger partial charge on any atom is 0.332 e. The van der Waals surface area contributed by atoms with Crippen molar-refractivity contribution in [3.8, 4) is 11.4 Å². The van der Waals surface area contributed by atoms with E-state index in [9.17, 15) is 19.2 Å². The van der Waals surface area contributed by atoms with Crippen molar-refractivity contribution in [2.45, 2.75) is 39.3 Å². The molecule has 40 heavy (non-hydrogen) atoms. The number of aromatic nitrogens is 7. The van der Waals surface area contributed by atoms with E-state index in [1.54, 1.807) is 32.3 Å². The predicted octanol–water partition coefficient (Wildman–Crippen LogP) is 1.38. The molecule has 2 aliphatic rings. The third-order valence-corrected chi connectivity index (χ3v) is 7.80. The highest BCUT2D eigenvalue weighted by atomic mass is 16.2. The molecule has 1 aliphatic carbocycles. The first-order chi connectivity index (χ1) is 19.2. The van der Waals surface area contributed by atoms with Crippen molar-refractivity contribution < 1.29 is 9.59 Å². The van der Waals surface area contributed by atoms with Crippen LogP contribution in [0.25, 0.3) is 22.6 Å². The van der Waals surface area contributed by atoms with Crippen molar-refractivity contribution in [2.75, 3.05) is 23.3 Å². The molecule has 1 N–H and O–H groups in total. The van der Waals surface area contributed by atoms with Crippen LogP contribution in [0.5, 0.6) is 0 Å². The SMILES string of the molecule is CCC(=O)Cn1c(=O)c2c(ncn2[C@@H](C)C(=O)Nc2ccnc(-c3ccc(N4CC5CC5C4)nc3)n2)n(C)c1=O. The largest absolute Gasteiger partial charge is 0.356 e. The van der Waals surface area contributed by atoms with Crippen LogP contribution < -0.4 is 21.5 Å². The number of piperidine rings is 1. The van der Waals surface area contributed by atoms with E-state index < -0.39 is 23.2 Å². The van der Waals surface area contributed by atoms with Gasteiger partial charge in [-0.25, -0.2) is 24.7 Å². The molecule has 1 aliphatic heterocycles. The van der Waals surface area contributed by atoms with E-state index in [4.69, 9.17) is 0 Å². The molecule has 4 aromatic rings. The third kappa shape index (κ3) is 4.46. The van der Waals surface area contributed by atoms with Gasteiger partial charge >= 0.3 is 5.69 Å². The first-order valence-electron chi connectivity index (χ1n) is 13.3. The Labute approximate surface area is 228 Å². The lowest BCUT2D eigenvalue weighted by Gasteiger charge is -2.18. The van der Waals surface area contributed by atoms with Crippen molar-refractivity contribution >= 4 is 34.5 Å². The quantitative estimate of drug-likeness (QED) is 0.348. The molecule has 4 aromatic heterocycles. The van der Waals surface area contributed by atoms with Gasteiger partial charge in [-0.2, -0.15) is 0 Å². The summed E-state index contributed by atoms with van der Waals surface area (Å²) in [4.78, 5) is 71.1. The summed E-state index contributed by atoms with van der Waals surface area (Å²) in [7, 11) is 1.47. The molecular formula is C27H29N9O4. The Hall–Kier alpha value is -4.68. The fraction of sp³-hybridized carbons (Fsp3) is 0.407. The number of amides is 1. The Kier molecular flexibility index (Phi) is 6.28. The van der Waals surface area contributed by atoms with Gasteiger partial charge in [0.05, 0.1) is 12.9 Å². The van der Waals surface area contributed by atoms with E-state index in [-0.39, 0.29) is 35.7 Å². The molecule has 13 nitrogen and oxygen atoms in total. The molecule has 1 amide bonds. The van der Waals surface area contributed by atoms with Crippen molar-refractivity contribution in [1.82, 2.24) is 33.6 Å². The normalized spacial score (nSPS) is 18.5. The van der Waals surface area contributed by atoms with Gasteiger partial charge in [0, 0.05) is 44.5 Å². The Morgan fingerprint density at radius 3 is 2.58 bits per heavy atom. The van der Waals surface area contributed by atoms with Crippen LogP contribution >= 0.6 is 0 Å². The predicted molar refractivity (Wildman–Crippen MR) is 147 cm³/mol. The van der Waals surface area contributed by atoms with Gasteiger partial charge in [0.15, 0.2) is 22.8 Å². The number of hydrogen-bond donors (Lipinski definition) is 1. The summed E-state index contributed by atoms with van der Waals surface area (Å²) in [6.45, 7) is 5.03. The van der Waals surface area contributed by atoms with E-state index in [1.165, 1.54) is 28.9 Å². The Morgan fingerprint density at radius 1 is 1.10 bits per heavy atom. The second-order valence-electron chi connectivity index (χ2n) is 10.4. The van der Waals surface area contributed by atoms with Gasteiger partial charge in [-0.3, -0.25) is 23.5 Å². The number of aryl methyl sites for hydroxylation is 1. The summed E-state index contributed by atoms with van der Waals surface area (Å²) in [5, 5.41) is 2.77. The van der Waals surface area contributed by atoms with Crippen LogP contribution in [0.2, 0.25) is 0 Å². The number of rotatable bonds is 8. The van der Waals surface area contributed by atoms with Crippen LogP contribution in [0, 0.1) is 11.8 Å². The number of nitrogens with one attached hydrogen (secondary N) is 1. The number of imidazole rings is 1. The Balaban J connectivity index is 1.22. The number of fused-ring (bicyclic) bond motifs is 2. The molecule has 5 heterocycles. The standard InChI is InChI=1S/C27H29N9O4/c1-4-19(37)13-35-26(39)22-24(33(3)27(35)40)30-14-36(22)15(2)25(38)32-20-7-8-28-23(31-20)16-5-6-21(29-10-16)34-11-17-9-18(17)12-34/h5-8,10,14-15,17-18H,4,9,11-13H2,1-3H3,(H,28,31,32,38)/t15-,17?,18?/m0/s1. The molecule has 2 fully saturated rings. The lowest BCUT2D eigenvalue weighted by molar-refractivity contribution is -0.120. The Bertz CT molecular complexity index is 1740. The minimum absolute atomic E-state index is 0.0542. The summed E-state index contributed by atoms with van der Waals surface area (Å²) in [6.07, 6.45) is 6.14. The van der Waals surface area contributed by atoms with Gasteiger partial charge in [0.2, 0.25) is 5.91 Å². The van der Waals surface area contributed by atoms with Gasteiger partial charge in [-0.1, -0.05) is 6.92 Å². The maximum atomic E-state index is 13.2. The first-order valence-corrected chi connectivity index (χ1v) is 13.3. The highest BCUT2D eigenvalue weighted by molar-refractivity contribution is 5.93. The highest BCUT2D eigenvalue weighted by Gasteiger charge is 2.45. The van der Waals surface area contributed by atoms with E-state index in [0.717, 1.165) is 40.9 Å². The van der Waals surface area contributed by atoms with E-state index in [1.807, 2.05) is 12.1 Å². The van der Waals surface area contributed by atoms with Crippen LogP contribution in [0.1, 0.15) is 32.7 Å². The number of carbonyl (C=O) groups is 2. The summed E-state index contributed by atoms with van der Waals surface area (Å²) in [5.41, 5.74) is -0.418. The van der Waals surface area contributed by atoms with Crippen LogP contribution in [0.3, 0.4) is 0 Å². The highest BCUT2D eigenvalue weighted by Crippen LogP contribution is 2.45. The number of Topliss-reactive ketones (excluding diaryl/α,β-unsaturated/α-hetero) is 1. The lowest BCUT2D eigenvalue weighted by Crippen LogP contribution is -2.41. The average molecular weight is 544 g/mol. The van der Waals surface area contributed by atoms with E-state index in [0.29, 0.717) is 5.82 Å². The number of hydrogen-bond acceptors (Lipinski definition) is 9. The van der Waals surface area contributed by atoms with Gasteiger partial charge in [-0.05, 0) is 43.4 Å². The van der Waals surface area contributed by atoms with Crippen LogP contribution in [0.15, 0.2) is 46.5 Å². The second kappa shape index (κ2) is 9.81. The summed E-state index contributed by atoms with van der Waals surface area (Å²) in [6, 6.07) is 4.59. The molecule has 2 unspecified atom stereocenters. The molecule has 0 aromatic carbocycles. The molecule has 1 saturated carbocycles. The van der Waals surface area contributed by atoms with E-state index >= 15 is 0 Å². The van der Waals surface area contributed by atoms with Crippen LogP contribution in [0.4, 0.5) is 11.6 Å². The Morgan fingerprint density at radius 2 is 1.88 bits per heavy atom. The number of anilines is 2.